The Morgan fingerprint density at radius 1 is 1.03 bits per heavy atom. The number of likely N-dealkylation sites (tertiary alicyclic amines) is 1. The molecule has 5 nitrogen and oxygen atoms in total. The lowest BCUT2D eigenvalue weighted by molar-refractivity contribution is -0.0273. The second kappa shape index (κ2) is 7.28. The van der Waals surface area contributed by atoms with Crippen molar-refractivity contribution in [3.05, 3.63) is 64.8 Å². The molecule has 0 saturated carbocycles. The van der Waals surface area contributed by atoms with Crippen molar-refractivity contribution in [1.82, 2.24) is 15.1 Å². The average molecular weight is 435 g/mol. The highest BCUT2D eigenvalue weighted by atomic mass is 35.5. The number of benzene rings is 2. The van der Waals surface area contributed by atoms with Gasteiger partial charge in [-0.3, -0.25) is 4.90 Å². The van der Waals surface area contributed by atoms with Crippen molar-refractivity contribution in [1.29, 1.82) is 0 Å². The van der Waals surface area contributed by atoms with E-state index in [-0.39, 0.29) is 16.3 Å². The maximum atomic E-state index is 13.3. The first-order valence-electron chi connectivity index (χ1n) is 9.54. The molecule has 0 aliphatic carbocycles. The molecule has 2 aliphatic rings. The minimum Gasteiger partial charge on any atom is -0.415 e. The number of hydrogen-bond acceptors (Lipinski definition) is 5. The first-order chi connectivity index (χ1) is 14.4. The molecule has 0 bridgehead atoms. The number of rotatable bonds is 5. The van der Waals surface area contributed by atoms with Crippen LogP contribution in [0.3, 0.4) is 0 Å². The van der Waals surface area contributed by atoms with E-state index in [0.717, 1.165) is 44.0 Å². The molecule has 2 aromatic carbocycles. The fraction of sp³-hybridized carbons (Fsp3) is 0.333. The summed E-state index contributed by atoms with van der Waals surface area (Å²) in [7, 11) is 0. The Bertz CT molecular complexity index is 1060. The van der Waals surface area contributed by atoms with Crippen LogP contribution in [0.25, 0.3) is 11.5 Å². The van der Waals surface area contributed by atoms with Gasteiger partial charge < -0.3 is 9.32 Å². The van der Waals surface area contributed by atoms with Crippen LogP contribution in [-0.2, 0) is 6.54 Å². The number of halogens is 4. The van der Waals surface area contributed by atoms with Gasteiger partial charge in [0.15, 0.2) is 0 Å². The van der Waals surface area contributed by atoms with Gasteiger partial charge in [0, 0.05) is 49.4 Å². The first kappa shape index (κ1) is 19.4. The predicted octanol–water partition coefficient (Wildman–Crippen LogP) is 4.79. The van der Waals surface area contributed by atoms with Crippen LogP contribution in [0.15, 0.2) is 46.9 Å². The molecule has 2 fully saturated rings. The highest BCUT2D eigenvalue weighted by Crippen LogP contribution is 2.43. The van der Waals surface area contributed by atoms with Crippen molar-refractivity contribution in [2.75, 3.05) is 31.1 Å². The SMILES string of the molecule is Fc1ccc(N2CC3(CN(Cc4ccc(-c5nnc(C(F)F)o5)cc4)C3)C2)cc1Cl. The lowest BCUT2D eigenvalue weighted by atomic mass is 9.72. The van der Waals surface area contributed by atoms with Gasteiger partial charge in [-0.2, -0.15) is 8.78 Å². The van der Waals surface area contributed by atoms with E-state index in [1.807, 2.05) is 12.1 Å². The van der Waals surface area contributed by atoms with Crippen LogP contribution in [0, 0.1) is 11.2 Å². The van der Waals surface area contributed by atoms with Gasteiger partial charge in [-0.05, 0) is 35.9 Å². The van der Waals surface area contributed by atoms with Crippen molar-refractivity contribution in [3.63, 3.8) is 0 Å². The Morgan fingerprint density at radius 2 is 1.77 bits per heavy atom. The van der Waals surface area contributed by atoms with Crippen LogP contribution in [0.2, 0.25) is 5.02 Å². The highest BCUT2D eigenvalue weighted by molar-refractivity contribution is 6.31. The molecule has 9 heteroatoms. The van der Waals surface area contributed by atoms with Gasteiger partial charge in [0.2, 0.25) is 5.89 Å². The summed E-state index contributed by atoms with van der Waals surface area (Å²) in [5.41, 5.74) is 2.99. The summed E-state index contributed by atoms with van der Waals surface area (Å²) in [6, 6.07) is 12.3. The monoisotopic (exact) mass is 434 g/mol. The maximum absolute atomic E-state index is 13.3. The van der Waals surface area contributed by atoms with Crippen LogP contribution in [-0.4, -0.2) is 41.3 Å². The molecule has 0 amide bonds. The van der Waals surface area contributed by atoms with Crippen molar-refractivity contribution in [2.24, 2.45) is 5.41 Å². The van der Waals surface area contributed by atoms with E-state index in [4.69, 9.17) is 16.0 Å². The molecule has 3 heterocycles. The van der Waals surface area contributed by atoms with Crippen LogP contribution < -0.4 is 4.90 Å². The van der Waals surface area contributed by atoms with E-state index >= 15 is 0 Å². The summed E-state index contributed by atoms with van der Waals surface area (Å²) in [5.74, 6) is -0.974. The van der Waals surface area contributed by atoms with E-state index in [1.165, 1.54) is 6.07 Å². The fourth-order valence-electron chi connectivity index (χ4n) is 4.29. The van der Waals surface area contributed by atoms with Crippen LogP contribution >= 0.6 is 11.6 Å². The van der Waals surface area contributed by atoms with E-state index in [2.05, 4.69) is 20.0 Å². The van der Waals surface area contributed by atoms with E-state index < -0.39 is 18.1 Å². The molecule has 2 saturated heterocycles. The second-order valence-electron chi connectivity index (χ2n) is 8.04. The van der Waals surface area contributed by atoms with Crippen molar-refractivity contribution >= 4 is 17.3 Å². The number of nitrogens with zero attached hydrogens (tertiary/aromatic N) is 4. The third-order valence-corrected chi connectivity index (χ3v) is 5.96. The fourth-order valence-corrected chi connectivity index (χ4v) is 4.47. The molecule has 0 N–H and O–H groups in total. The summed E-state index contributed by atoms with van der Waals surface area (Å²) in [6.07, 6.45) is -2.77. The molecular formula is C21H18ClF3N4O. The maximum Gasteiger partial charge on any atom is 0.314 e. The minimum atomic E-state index is -2.77. The van der Waals surface area contributed by atoms with Crippen LogP contribution in [0.4, 0.5) is 18.9 Å². The Kier molecular flexibility index (Phi) is 4.71. The van der Waals surface area contributed by atoms with Crippen molar-refractivity contribution in [2.45, 2.75) is 13.0 Å². The number of alkyl halides is 2. The quantitative estimate of drug-likeness (QED) is 0.578. The third-order valence-electron chi connectivity index (χ3n) is 5.67. The Hall–Kier alpha value is -2.58. The molecule has 5 rings (SSSR count). The molecule has 1 spiro atoms. The minimum absolute atomic E-state index is 0.0928. The standard InChI is InChI=1S/C21H18ClF3N4O/c22-16-7-15(5-6-17(16)23)29-11-21(12-29)9-28(10-21)8-13-1-3-14(4-2-13)19-26-27-20(30-19)18(24)25/h1-7,18H,8-12H2. The van der Waals surface area contributed by atoms with Gasteiger partial charge in [0.1, 0.15) is 5.82 Å². The molecule has 30 heavy (non-hydrogen) atoms. The van der Waals surface area contributed by atoms with E-state index in [0.29, 0.717) is 5.56 Å². The van der Waals surface area contributed by atoms with Crippen molar-refractivity contribution in [3.8, 4) is 11.5 Å². The lowest BCUT2D eigenvalue weighted by Crippen LogP contribution is -2.71. The molecule has 0 atom stereocenters. The van der Waals surface area contributed by atoms with Gasteiger partial charge in [-0.25, -0.2) is 4.39 Å². The normalized spacial score (nSPS) is 18.0. The smallest absolute Gasteiger partial charge is 0.314 e. The molecule has 1 aromatic heterocycles. The first-order valence-corrected chi connectivity index (χ1v) is 9.92. The second-order valence-corrected chi connectivity index (χ2v) is 8.45. The Morgan fingerprint density at radius 3 is 2.40 bits per heavy atom. The zero-order chi connectivity index (χ0) is 20.9. The molecule has 2 aliphatic heterocycles. The molecular weight excluding hydrogens is 417 g/mol. The summed E-state index contributed by atoms with van der Waals surface area (Å²) >= 11 is 5.88. The van der Waals surface area contributed by atoms with E-state index in [9.17, 15) is 13.2 Å². The van der Waals surface area contributed by atoms with Crippen LogP contribution in [0.1, 0.15) is 17.9 Å². The zero-order valence-corrected chi connectivity index (χ0v) is 16.6. The summed E-state index contributed by atoms with van der Waals surface area (Å²) in [4.78, 5) is 4.58. The van der Waals surface area contributed by atoms with Gasteiger partial charge in [-0.15, -0.1) is 10.2 Å². The third kappa shape index (κ3) is 3.54. The topological polar surface area (TPSA) is 45.4 Å². The lowest BCUT2D eigenvalue weighted by Gasteiger charge is -2.61. The molecule has 0 radical (unpaired) electrons. The van der Waals surface area contributed by atoms with Gasteiger partial charge in [0.25, 0.3) is 5.89 Å². The molecule has 0 unspecified atom stereocenters. The molecule has 3 aromatic rings. The summed E-state index contributed by atoms with van der Waals surface area (Å²) < 4.78 is 43.5. The summed E-state index contributed by atoms with van der Waals surface area (Å²) in [5, 5.41) is 7.17. The van der Waals surface area contributed by atoms with Crippen molar-refractivity contribution < 1.29 is 17.6 Å². The highest BCUT2D eigenvalue weighted by Gasteiger charge is 2.51. The average Bonchev–Trinajstić information content (AvgIpc) is 3.16. The van der Waals surface area contributed by atoms with E-state index in [1.54, 1.807) is 24.3 Å². The largest absolute Gasteiger partial charge is 0.415 e. The number of hydrogen-bond donors (Lipinski definition) is 0. The number of aromatic nitrogens is 2. The summed E-state index contributed by atoms with van der Waals surface area (Å²) in [6.45, 7) is 4.70. The van der Waals surface area contributed by atoms with Gasteiger partial charge >= 0.3 is 6.43 Å². The molecule has 156 valence electrons. The number of anilines is 1. The van der Waals surface area contributed by atoms with Gasteiger partial charge in [0.05, 0.1) is 5.02 Å². The predicted molar refractivity (Wildman–Crippen MR) is 106 cm³/mol. The van der Waals surface area contributed by atoms with Crippen LogP contribution in [0.5, 0.6) is 0 Å². The Balaban J connectivity index is 1.14. The van der Waals surface area contributed by atoms with Gasteiger partial charge in [-0.1, -0.05) is 23.7 Å². The Labute approximate surface area is 176 Å². The zero-order valence-electron chi connectivity index (χ0n) is 15.9.